The summed E-state index contributed by atoms with van der Waals surface area (Å²) in [5.41, 5.74) is 7.28. The summed E-state index contributed by atoms with van der Waals surface area (Å²) in [4.78, 5) is 3.82. The van der Waals surface area contributed by atoms with E-state index in [1.807, 2.05) is 19.1 Å². The lowest BCUT2D eigenvalue weighted by atomic mass is 10.1. The quantitative estimate of drug-likeness (QED) is 0.558. The minimum atomic E-state index is 0.0847. The van der Waals surface area contributed by atoms with Crippen LogP contribution in [0, 0.1) is 11.3 Å². The zero-order valence-corrected chi connectivity index (χ0v) is 8.86. The number of hydrogen-bond donors (Lipinski definition) is 2. The van der Waals surface area contributed by atoms with Gasteiger partial charge >= 0.3 is 0 Å². The highest BCUT2D eigenvalue weighted by molar-refractivity contribution is 5.78. The van der Waals surface area contributed by atoms with Crippen molar-refractivity contribution in [3.8, 4) is 6.07 Å². The van der Waals surface area contributed by atoms with Gasteiger partial charge in [-0.05, 0) is 24.6 Å². The molecule has 15 heavy (non-hydrogen) atoms. The van der Waals surface area contributed by atoms with Crippen LogP contribution < -0.4 is 11.1 Å². The molecule has 1 rings (SSSR count). The molecule has 0 saturated heterocycles. The SMILES string of the molecule is CN=C(N)NC(C)c1ccc(C#N)cc1. The smallest absolute Gasteiger partial charge is 0.188 e. The lowest BCUT2D eigenvalue weighted by Crippen LogP contribution is -2.33. The summed E-state index contributed by atoms with van der Waals surface area (Å²) in [6.45, 7) is 1.99. The average molecular weight is 202 g/mol. The highest BCUT2D eigenvalue weighted by atomic mass is 15.1. The first-order valence-electron chi connectivity index (χ1n) is 4.66. The summed E-state index contributed by atoms with van der Waals surface area (Å²) >= 11 is 0. The zero-order valence-electron chi connectivity index (χ0n) is 8.86. The summed E-state index contributed by atoms with van der Waals surface area (Å²) in [6.07, 6.45) is 0. The summed E-state index contributed by atoms with van der Waals surface area (Å²) in [5.74, 6) is 0.409. The van der Waals surface area contributed by atoms with Gasteiger partial charge in [-0.3, -0.25) is 4.99 Å². The molecule has 0 radical (unpaired) electrons. The number of nitriles is 1. The van der Waals surface area contributed by atoms with Crippen LogP contribution in [0.1, 0.15) is 24.1 Å². The Labute approximate surface area is 89.4 Å². The third kappa shape index (κ3) is 2.99. The molecule has 0 aliphatic rings. The Morgan fingerprint density at radius 2 is 2.07 bits per heavy atom. The maximum absolute atomic E-state index is 8.65. The van der Waals surface area contributed by atoms with Crippen molar-refractivity contribution in [3.63, 3.8) is 0 Å². The van der Waals surface area contributed by atoms with Crippen molar-refractivity contribution in [3.05, 3.63) is 35.4 Å². The zero-order chi connectivity index (χ0) is 11.3. The molecule has 3 N–H and O–H groups in total. The predicted molar refractivity (Wildman–Crippen MR) is 60.3 cm³/mol. The van der Waals surface area contributed by atoms with Crippen LogP contribution in [0.25, 0.3) is 0 Å². The van der Waals surface area contributed by atoms with Crippen molar-refractivity contribution in [2.24, 2.45) is 10.7 Å². The Morgan fingerprint density at radius 1 is 1.47 bits per heavy atom. The molecule has 0 aliphatic carbocycles. The Hall–Kier alpha value is -2.02. The molecule has 1 aromatic carbocycles. The second-order valence-corrected chi connectivity index (χ2v) is 3.21. The molecule has 4 nitrogen and oxygen atoms in total. The maximum atomic E-state index is 8.65. The van der Waals surface area contributed by atoms with Crippen molar-refractivity contribution in [2.45, 2.75) is 13.0 Å². The van der Waals surface area contributed by atoms with Crippen molar-refractivity contribution < 1.29 is 0 Å². The van der Waals surface area contributed by atoms with Crippen LogP contribution in [-0.4, -0.2) is 13.0 Å². The Kier molecular flexibility index (Phi) is 3.69. The monoisotopic (exact) mass is 202 g/mol. The number of benzene rings is 1. The van der Waals surface area contributed by atoms with Gasteiger partial charge in [-0.25, -0.2) is 0 Å². The van der Waals surface area contributed by atoms with Gasteiger partial charge in [0.25, 0.3) is 0 Å². The van der Waals surface area contributed by atoms with Gasteiger partial charge in [0.15, 0.2) is 5.96 Å². The van der Waals surface area contributed by atoms with Crippen LogP contribution in [-0.2, 0) is 0 Å². The van der Waals surface area contributed by atoms with E-state index in [0.717, 1.165) is 5.56 Å². The number of nitrogens with one attached hydrogen (secondary N) is 1. The average Bonchev–Trinajstić information content (AvgIpc) is 2.29. The molecule has 0 amide bonds. The molecular weight excluding hydrogens is 188 g/mol. The first-order chi connectivity index (χ1) is 7.17. The molecule has 0 bridgehead atoms. The molecule has 0 aromatic heterocycles. The van der Waals surface area contributed by atoms with Crippen LogP contribution in [0.5, 0.6) is 0 Å². The number of hydrogen-bond acceptors (Lipinski definition) is 2. The van der Waals surface area contributed by atoms with Gasteiger partial charge in [-0.15, -0.1) is 0 Å². The third-order valence-corrected chi connectivity index (χ3v) is 2.15. The van der Waals surface area contributed by atoms with Crippen LogP contribution in [0.3, 0.4) is 0 Å². The highest BCUT2D eigenvalue weighted by Crippen LogP contribution is 2.12. The topological polar surface area (TPSA) is 74.2 Å². The first-order valence-corrected chi connectivity index (χ1v) is 4.66. The minimum absolute atomic E-state index is 0.0847. The largest absolute Gasteiger partial charge is 0.370 e. The number of aliphatic imine (C=N–C) groups is 1. The van der Waals surface area contributed by atoms with Gasteiger partial charge in [0.2, 0.25) is 0 Å². The van der Waals surface area contributed by atoms with Gasteiger partial charge < -0.3 is 11.1 Å². The second kappa shape index (κ2) is 5.01. The predicted octanol–water partition coefficient (Wildman–Crippen LogP) is 1.15. The first kappa shape index (κ1) is 11.1. The van der Waals surface area contributed by atoms with Crippen LogP contribution >= 0.6 is 0 Å². The number of nitrogens with zero attached hydrogens (tertiary/aromatic N) is 2. The minimum Gasteiger partial charge on any atom is -0.370 e. The summed E-state index contributed by atoms with van der Waals surface area (Å²) < 4.78 is 0. The molecule has 78 valence electrons. The Balaban J connectivity index is 2.75. The van der Waals surface area contributed by atoms with E-state index in [4.69, 9.17) is 11.0 Å². The van der Waals surface area contributed by atoms with Crippen molar-refractivity contribution >= 4 is 5.96 Å². The number of rotatable bonds is 2. The van der Waals surface area contributed by atoms with Gasteiger partial charge in [0, 0.05) is 7.05 Å². The molecule has 0 saturated carbocycles. The fraction of sp³-hybridized carbons (Fsp3) is 0.273. The molecule has 0 fully saturated rings. The van der Waals surface area contributed by atoms with Crippen LogP contribution in [0.15, 0.2) is 29.3 Å². The molecule has 0 heterocycles. The van der Waals surface area contributed by atoms with Gasteiger partial charge in [0.05, 0.1) is 17.7 Å². The van der Waals surface area contributed by atoms with Gasteiger partial charge in [-0.1, -0.05) is 12.1 Å². The van der Waals surface area contributed by atoms with Crippen LogP contribution in [0.4, 0.5) is 0 Å². The normalized spacial score (nSPS) is 13.0. The molecule has 4 heteroatoms. The van der Waals surface area contributed by atoms with E-state index < -0.39 is 0 Å². The van der Waals surface area contributed by atoms with Crippen molar-refractivity contribution in [2.75, 3.05) is 7.05 Å². The molecule has 0 spiro atoms. The van der Waals surface area contributed by atoms with E-state index in [9.17, 15) is 0 Å². The fourth-order valence-electron chi connectivity index (χ4n) is 1.22. The summed E-state index contributed by atoms with van der Waals surface area (Å²) in [6, 6.07) is 9.53. The lowest BCUT2D eigenvalue weighted by molar-refractivity contribution is 0.711. The Bertz CT molecular complexity index is 386. The van der Waals surface area contributed by atoms with E-state index in [2.05, 4.69) is 16.4 Å². The lowest BCUT2D eigenvalue weighted by Gasteiger charge is -2.14. The third-order valence-electron chi connectivity index (χ3n) is 2.15. The van der Waals surface area contributed by atoms with E-state index in [1.54, 1.807) is 19.2 Å². The van der Waals surface area contributed by atoms with Crippen molar-refractivity contribution in [1.29, 1.82) is 5.26 Å². The van der Waals surface area contributed by atoms with Gasteiger partial charge in [0.1, 0.15) is 0 Å². The van der Waals surface area contributed by atoms with Crippen molar-refractivity contribution in [1.82, 2.24) is 5.32 Å². The molecule has 1 atom stereocenters. The van der Waals surface area contributed by atoms with E-state index in [-0.39, 0.29) is 6.04 Å². The molecule has 1 aromatic rings. The maximum Gasteiger partial charge on any atom is 0.188 e. The number of guanidine groups is 1. The Morgan fingerprint density at radius 3 is 2.53 bits per heavy atom. The molecule has 0 aliphatic heterocycles. The van der Waals surface area contributed by atoms with E-state index in [0.29, 0.717) is 11.5 Å². The van der Waals surface area contributed by atoms with E-state index in [1.165, 1.54) is 0 Å². The standard InChI is InChI=1S/C11H14N4/c1-8(15-11(13)14-2)10-5-3-9(7-12)4-6-10/h3-6,8H,1-2H3,(H3,13,14,15). The number of nitrogens with two attached hydrogens (primary N) is 1. The van der Waals surface area contributed by atoms with Gasteiger partial charge in [-0.2, -0.15) is 5.26 Å². The molecular formula is C11H14N4. The summed E-state index contributed by atoms with van der Waals surface area (Å²) in [5, 5.41) is 11.7. The molecule has 1 unspecified atom stereocenters. The van der Waals surface area contributed by atoms with Crippen LogP contribution in [0.2, 0.25) is 0 Å². The summed E-state index contributed by atoms with van der Waals surface area (Å²) in [7, 11) is 1.63. The fourth-order valence-corrected chi connectivity index (χ4v) is 1.22. The second-order valence-electron chi connectivity index (χ2n) is 3.21. The highest BCUT2D eigenvalue weighted by Gasteiger charge is 2.04. The van der Waals surface area contributed by atoms with E-state index >= 15 is 0 Å².